The number of rotatable bonds is 10. The third kappa shape index (κ3) is 12.6. The van der Waals surface area contributed by atoms with E-state index in [0.29, 0.717) is 52.3 Å². The molecule has 0 saturated heterocycles. The lowest BCUT2D eigenvalue weighted by molar-refractivity contribution is 0.869. The van der Waals surface area contributed by atoms with Crippen LogP contribution in [0.5, 0.6) is 0 Å². The molecule has 0 saturated carbocycles. The number of aryl methyl sites for hydroxylation is 1. The van der Waals surface area contributed by atoms with E-state index in [4.69, 9.17) is 6.57 Å². The number of nitrogens with zero attached hydrogens (tertiary/aromatic N) is 6. The quantitative estimate of drug-likeness (QED) is 0.128. The summed E-state index contributed by atoms with van der Waals surface area (Å²) in [6.45, 7) is 37.0. The van der Waals surface area contributed by atoms with E-state index in [1.807, 2.05) is 36.4 Å². The Morgan fingerprint density at radius 3 is 0.785 bits per heavy atom. The molecule has 622 valence electrons. The Morgan fingerprint density at radius 1 is 0.231 bits per heavy atom. The second-order valence-corrected chi connectivity index (χ2v) is 38.6. The summed E-state index contributed by atoms with van der Waals surface area (Å²) >= 11 is 0. The first-order valence-corrected chi connectivity index (χ1v) is 46.1. The molecule has 0 aliphatic carbocycles. The highest BCUT2D eigenvalue weighted by atomic mass is 14.9. The summed E-state index contributed by atoms with van der Waals surface area (Å²) in [6, 6.07) is 119. The summed E-state index contributed by atoms with van der Waals surface area (Å²) < 4.78 is 7.47. The predicted molar refractivity (Wildman–Crippen MR) is 555 cm³/mol. The Hall–Kier alpha value is -15.4. The molecule has 0 fully saturated rings. The fraction of sp³-hybridized carbons (Fsp3) is 0.153. The number of aromatic nitrogens is 3. The van der Waals surface area contributed by atoms with E-state index in [2.05, 4.69) is 393 Å². The summed E-state index contributed by atoms with van der Waals surface area (Å²) in [5, 5.41) is 49.8. The van der Waals surface area contributed by atoms with Crippen molar-refractivity contribution in [3.8, 4) is 56.6 Å². The molecule has 130 heavy (non-hydrogen) atoms. The molecular formula is C124H96N6. The molecule has 0 amide bonds. The van der Waals surface area contributed by atoms with Gasteiger partial charge >= 0.3 is 0 Å². The van der Waals surface area contributed by atoms with Crippen molar-refractivity contribution in [1.82, 2.24) is 13.2 Å². The lowest BCUT2D eigenvalue weighted by atomic mass is 9.91. The highest BCUT2D eigenvalue weighted by Gasteiger charge is 2.27. The SMILES string of the molecule is CC(C)c1ccc2cc3c(cc2c1)c1cc(-c2cc(C#N)ccc2-c2ccccc2)cc2c4cc5cc(C(C)C)ccc5cc4n3c12.Cc1cc(C#N)ccc1-c1cc2c3cc4cc(C(C)C)ccc4cc3n3c4cc5ccc(C(C)C)cc5cc4c(c1)c23.[C-]#[N+]c1ccccc1-c1cc2c3cc4cc(C(C)C)ccc4cc3n3c4cc5ccc(C(C)C)cc5cc4c(c1)c23. The van der Waals surface area contributed by atoms with Gasteiger partial charge in [-0.2, -0.15) is 10.5 Å². The van der Waals surface area contributed by atoms with Gasteiger partial charge in [-0.15, -0.1) is 0 Å². The normalized spacial score (nSPS) is 12.3. The van der Waals surface area contributed by atoms with Crippen molar-refractivity contribution in [2.45, 2.75) is 126 Å². The Kier molecular flexibility index (Phi) is 18.4. The zero-order valence-electron chi connectivity index (χ0n) is 75.6. The van der Waals surface area contributed by atoms with Gasteiger partial charge in [-0.25, -0.2) is 4.85 Å². The van der Waals surface area contributed by atoms with E-state index >= 15 is 0 Å². The summed E-state index contributed by atoms with van der Waals surface area (Å²) in [5.74, 6) is 2.87. The van der Waals surface area contributed by atoms with Crippen molar-refractivity contribution >= 4 is 185 Å². The van der Waals surface area contributed by atoms with E-state index in [9.17, 15) is 10.5 Å². The Bertz CT molecular complexity index is 8830. The summed E-state index contributed by atoms with van der Waals surface area (Å²) in [5.41, 5.74) is 31.5. The second-order valence-electron chi connectivity index (χ2n) is 38.6. The van der Waals surface area contributed by atoms with Crippen LogP contribution < -0.4 is 0 Å². The van der Waals surface area contributed by atoms with Crippen molar-refractivity contribution in [3.63, 3.8) is 0 Å². The first-order valence-electron chi connectivity index (χ1n) is 46.1. The zero-order valence-corrected chi connectivity index (χ0v) is 75.6. The van der Waals surface area contributed by atoms with E-state index in [0.717, 1.165) is 38.9 Å². The van der Waals surface area contributed by atoms with Crippen LogP contribution in [0.25, 0.3) is 228 Å². The minimum Gasteiger partial charge on any atom is -0.308 e. The monoisotopic (exact) mass is 1670 g/mol. The van der Waals surface area contributed by atoms with Crippen LogP contribution in [-0.4, -0.2) is 13.2 Å². The Balaban J connectivity index is 0.000000111. The van der Waals surface area contributed by atoms with Gasteiger partial charge in [0.05, 0.1) is 79.5 Å². The largest absolute Gasteiger partial charge is 0.308 e. The van der Waals surface area contributed by atoms with Crippen LogP contribution in [0, 0.1) is 36.2 Å². The van der Waals surface area contributed by atoms with Crippen LogP contribution in [0.15, 0.2) is 309 Å². The van der Waals surface area contributed by atoms with Crippen molar-refractivity contribution in [1.29, 1.82) is 10.5 Å². The summed E-state index contributed by atoms with van der Waals surface area (Å²) in [7, 11) is 0. The molecule has 25 aromatic rings. The van der Waals surface area contributed by atoms with Gasteiger partial charge < -0.3 is 13.2 Å². The number of nitriles is 2. The predicted octanol–water partition coefficient (Wildman–Crippen LogP) is 35.4. The number of hydrogen-bond acceptors (Lipinski definition) is 2. The van der Waals surface area contributed by atoms with E-state index < -0.39 is 0 Å². The van der Waals surface area contributed by atoms with Crippen molar-refractivity contribution in [2.75, 3.05) is 0 Å². The molecule has 0 aliphatic rings. The third-order valence-corrected chi connectivity index (χ3v) is 28.6. The molecule has 0 radical (unpaired) electrons. The van der Waals surface area contributed by atoms with Crippen LogP contribution in [-0.2, 0) is 0 Å². The van der Waals surface area contributed by atoms with Crippen LogP contribution in [0.1, 0.15) is 169 Å². The van der Waals surface area contributed by atoms with Gasteiger partial charge in [0, 0.05) is 64.6 Å². The molecular weight excluding hydrogens is 1570 g/mol. The van der Waals surface area contributed by atoms with E-state index in [1.165, 1.54) is 223 Å². The molecule has 0 N–H and O–H groups in total. The van der Waals surface area contributed by atoms with Gasteiger partial charge in [0.25, 0.3) is 0 Å². The van der Waals surface area contributed by atoms with Crippen LogP contribution >= 0.6 is 0 Å². The van der Waals surface area contributed by atoms with Crippen molar-refractivity contribution in [3.05, 3.63) is 371 Å². The van der Waals surface area contributed by atoms with Crippen molar-refractivity contribution in [2.24, 2.45) is 0 Å². The molecule has 6 heterocycles. The number of para-hydroxylation sites is 1. The molecule has 6 heteroatoms. The van der Waals surface area contributed by atoms with Gasteiger partial charge in [0.2, 0.25) is 0 Å². The maximum atomic E-state index is 9.96. The fourth-order valence-corrected chi connectivity index (χ4v) is 21.4. The molecule has 0 aliphatic heterocycles. The topological polar surface area (TPSA) is 65.2 Å². The maximum absolute atomic E-state index is 9.96. The summed E-state index contributed by atoms with van der Waals surface area (Å²) in [6.07, 6.45) is 0. The van der Waals surface area contributed by atoms with Gasteiger partial charge in [0.15, 0.2) is 5.69 Å². The standard InChI is InChI=1S/C45H34N2.C40H32N2.C39H30N2/c1-26(2)30-11-13-32-23-43-39(19-34(32)17-30)41-21-36(38-16-28(25-46)10-15-37(38)29-8-6-5-7-9-29)22-42-40-20-35-18-31(27(3)4)12-14-33(35)24-44(40)47(43)45(41)42;1-22(2)26-7-9-28-19-38-34(15-30(28)13-26)36-17-32(33-11-6-25(21-41)12-24(33)5)18-37-35-16-31-14-27(23(3)4)8-10-29(31)20-39(35)42(38)40(36)37;1-22(2)24-10-12-26-20-37-32(16-28(26)14-24)34-18-30(31-8-6-7-9-36(31)40-5)19-35-33-17-29-15-25(23(3)4)11-13-27(29)21-38(33)41(37)39(34)35/h5-24,26-27H,1-4H3;6-20,22-23H,1-5H3;6-23H,1-4H3. The molecule has 6 nitrogen and oxygen atoms in total. The molecule has 0 unspecified atom stereocenters. The van der Waals surface area contributed by atoms with Gasteiger partial charge in [-0.1, -0.05) is 259 Å². The lowest BCUT2D eigenvalue weighted by Crippen LogP contribution is -1.88. The second kappa shape index (κ2) is 30.1. The van der Waals surface area contributed by atoms with Crippen molar-refractivity contribution < 1.29 is 0 Å². The Morgan fingerprint density at radius 2 is 0.500 bits per heavy atom. The molecule has 0 bridgehead atoms. The van der Waals surface area contributed by atoms with E-state index in [-0.39, 0.29) is 0 Å². The first kappa shape index (κ1) is 79.3. The number of hydrogen-bond donors (Lipinski definition) is 0. The highest BCUT2D eigenvalue weighted by molar-refractivity contribution is 6.31. The average molecular weight is 1670 g/mol. The Labute approximate surface area is 756 Å². The molecule has 0 spiro atoms. The minimum absolute atomic E-state index is 0.466. The zero-order chi connectivity index (χ0) is 88.8. The number of fused-ring (bicyclic) bond motifs is 24. The van der Waals surface area contributed by atoms with Gasteiger partial charge in [0.1, 0.15) is 0 Å². The average Bonchev–Trinajstić information content (AvgIpc) is 1.54. The maximum Gasteiger partial charge on any atom is 0.194 e. The summed E-state index contributed by atoms with van der Waals surface area (Å²) in [4.78, 5) is 3.87. The third-order valence-electron chi connectivity index (χ3n) is 28.6. The smallest absolute Gasteiger partial charge is 0.194 e. The highest BCUT2D eigenvalue weighted by Crippen LogP contribution is 2.51. The minimum atomic E-state index is 0.466. The first-order chi connectivity index (χ1) is 63.1. The van der Waals surface area contributed by atoms with E-state index in [1.54, 1.807) is 0 Å². The van der Waals surface area contributed by atoms with Crippen LogP contribution in [0.4, 0.5) is 5.69 Å². The lowest BCUT2D eigenvalue weighted by Gasteiger charge is -2.12. The van der Waals surface area contributed by atoms with Crippen LogP contribution in [0.3, 0.4) is 0 Å². The molecule has 6 aromatic heterocycles. The fourth-order valence-electron chi connectivity index (χ4n) is 21.4. The van der Waals surface area contributed by atoms with Gasteiger partial charge in [-0.05, 0) is 324 Å². The molecule has 25 rings (SSSR count). The number of benzene rings is 19. The molecule has 0 atom stereocenters. The van der Waals surface area contributed by atoms with Gasteiger partial charge in [-0.3, -0.25) is 0 Å². The molecule has 19 aromatic carbocycles. The van der Waals surface area contributed by atoms with Crippen LogP contribution in [0.2, 0.25) is 0 Å².